The van der Waals surface area contributed by atoms with Crippen LogP contribution < -0.4 is 10.1 Å². The lowest BCUT2D eigenvalue weighted by molar-refractivity contribution is 0.203. The standard InChI is InChI=1S/C13H16N2O3/c1-18-11-2-3-12-9(6-11)4-5-14-13(12)15-10(7-16)8-17/h2-6,10,16-17H,7-8H2,1H3,(H,14,15). The zero-order valence-corrected chi connectivity index (χ0v) is 10.1. The van der Waals surface area contributed by atoms with Gasteiger partial charge in [-0.1, -0.05) is 0 Å². The Kier molecular flexibility index (Phi) is 3.96. The third-order valence-corrected chi connectivity index (χ3v) is 2.75. The van der Waals surface area contributed by atoms with Crippen molar-refractivity contribution >= 4 is 16.6 Å². The first kappa shape index (κ1) is 12.6. The van der Waals surface area contributed by atoms with Crippen LogP contribution in [-0.4, -0.2) is 41.6 Å². The molecular formula is C13H16N2O3. The highest BCUT2D eigenvalue weighted by molar-refractivity contribution is 5.92. The molecule has 1 aromatic heterocycles. The number of aliphatic hydroxyl groups excluding tert-OH is 2. The molecule has 1 aromatic carbocycles. The van der Waals surface area contributed by atoms with E-state index >= 15 is 0 Å². The van der Waals surface area contributed by atoms with E-state index in [1.54, 1.807) is 13.3 Å². The van der Waals surface area contributed by atoms with Crippen molar-refractivity contribution in [3.8, 4) is 5.75 Å². The highest BCUT2D eigenvalue weighted by Crippen LogP contribution is 2.25. The lowest BCUT2D eigenvalue weighted by Gasteiger charge is -2.15. The van der Waals surface area contributed by atoms with Crippen molar-refractivity contribution in [3.63, 3.8) is 0 Å². The average Bonchev–Trinajstić information content (AvgIpc) is 2.44. The number of nitrogens with zero attached hydrogens (tertiary/aromatic N) is 1. The van der Waals surface area contributed by atoms with Crippen LogP contribution in [0.15, 0.2) is 30.5 Å². The second-order valence-corrected chi connectivity index (χ2v) is 3.95. The molecule has 0 aliphatic heterocycles. The average molecular weight is 248 g/mol. The molecule has 1 heterocycles. The maximum Gasteiger partial charge on any atom is 0.134 e. The molecule has 0 radical (unpaired) electrons. The third-order valence-electron chi connectivity index (χ3n) is 2.75. The number of fused-ring (bicyclic) bond motifs is 1. The number of aliphatic hydroxyl groups is 2. The van der Waals surface area contributed by atoms with Gasteiger partial charge in [-0.3, -0.25) is 0 Å². The molecule has 0 atom stereocenters. The van der Waals surface area contributed by atoms with Gasteiger partial charge < -0.3 is 20.3 Å². The summed E-state index contributed by atoms with van der Waals surface area (Å²) in [7, 11) is 1.62. The Morgan fingerprint density at radius 1 is 1.28 bits per heavy atom. The molecule has 0 aliphatic rings. The predicted octanol–water partition coefficient (Wildman–Crippen LogP) is 1.01. The molecule has 2 rings (SSSR count). The van der Waals surface area contributed by atoms with Crippen LogP contribution >= 0.6 is 0 Å². The largest absolute Gasteiger partial charge is 0.497 e. The number of hydrogen-bond donors (Lipinski definition) is 3. The van der Waals surface area contributed by atoms with Gasteiger partial charge in [-0.25, -0.2) is 4.98 Å². The van der Waals surface area contributed by atoms with Gasteiger partial charge in [-0.15, -0.1) is 0 Å². The summed E-state index contributed by atoms with van der Waals surface area (Å²) in [5.41, 5.74) is 0. The maximum absolute atomic E-state index is 9.07. The van der Waals surface area contributed by atoms with Crippen LogP contribution in [0.5, 0.6) is 5.75 Å². The summed E-state index contributed by atoms with van der Waals surface area (Å²) >= 11 is 0. The summed E-state index contributed by atoms with van der Waals surface area (Å²) < 4.78 is 5.16. The van der Waals surface area contributed by atoms with Crippen molar-refractivity contribution in [1.29, 1.82) is 0 Å². The lowest BCUT2D eigenvalue weighted by atomic mass is 10.1. The van der Waals surface area contributed by atoms with Crippen LogP contribution in [0.2, 0.25) is 0 Å². The summed E-state index contributed by atoms with van der Waals surface area (Å²) in [6, 6.07) is 7.13. The van der Waals surface area contributed by atoms with E-state index in [9.17, 15) is 0 Å². The second-order valence-electron chi connectivity index (χ2n) is 3.95. The van der Waals surface area contributed by atoms with E-state index in [1.165, 1.54) is 0 Å². The number of anilines is 1. The fraction of sp³-hybridized carbons (Fsp3) is 0.308. The zero-order valence-electron chi connectivity index (χ0n) is 10.1. The monoisotopic (exact) mass is 248 g/mol. The fourth-order valence-corrected chi connectivity index (χ4v) is 1.74. The smallest absolute Gasteiger partial charge is 0.134 e. The number of pyridine rings is 1. The Balaban J connectivity index is 2.39. The quantitative estimate of drug-likeness (QED) is 0.736. The van der Waals surface area contributed by atoms with Crippen LogP contribution in [-0.2, 0) is 0 Å². The topological polar surface area (TPSA) is 74.6 Å². The summed E-state index contributed by atoms with van der Waals surface area (Å²) in [5.74, 6) is 1.42. The lowest BCUT2D eigenvalue weighted by Crippen LogP contribution is -2.28. The first-order valence-electron chi connectivity index (χ1n) is 5.69. The molecular weight excluding hydrogens is 232 g/mol. The van der Waals surface area contributed by atoms with Crippen molar-refractivity contribution in [3.05, 3.63) is 30.5 Å². The van der Waals surface area contributed by atoms with E-state index in [0.29, 0.717) is 5.82 Å². The highest BCUT2D eigenvalue weighted by Gasteiger charge is 2.09. The van der Waals surface area contributed by atoms with Gasteiger partial charge in [-0.05, 0) is 29.7 Å². The third kappa shape index (κ3) is 2.52. The first-order chi connectivity index (χ1) is 8.78. The number of rotatable bonds is 5. The van der Waals surface area contributed by atoms with Gasteiger partial charge in [0.25, 0.3) is 0 Å². The van der Waals surface area contributed by atoms with Gasteiger partial charge >= 0.3 is 0 Å². The molecule has 0 aliphatic carbocycles. The SMILES string of the molecule is COc1ccc2c(NC(CO)CO)nccc2c1. The van der Waals surface area contributed by atoms with Crippen LogP contribution in [0, 0.1) is 0 Å². The second kappa shape index (κ2) is 5.66. The Hall–Kier alpha value is -1.85. The van der Waals surface area contributed by atoms with E-state index < -0.39 is 6.04 Å². The van der Waals surface area contributed by atoms with E-state index in [2.05, 4.69) is 10.3 Å². The van der Waals surface area contributed by atoms with Crippen LogP contribution in [0.25, 0.3) is 10.8 Å². The fourth-order valence-electron chi connectivity index (χ4n) is 1.74. The molecule has 96 valence electrons. The van der Waals surface area contributed by atoms with Gasteiger partial charge in [0.15, 0.2) is 0 Å². The molecule has 0 unspecified atom stereocenters. The summed E-state index contributed by atoms with van der Waals surface area (Å²) in [6.07, 6.45) is 1.68. The molecule has 0 bridgehead atoms. The molecule has 0 spiro atoms. The maximum atomic E-state index is 9.07. The number of benzene rings is 1. The zero-order chi connectivity index (χ0) is 13.0. The van der Waals surface area contributed by atoms with Crippen molar-refractivity contribution in [2.45, 2.75) is 6.04 Å². The van der Waals surface area contributed by atoms with Gasteiger partial charge in [0.1, 0.15) is 11.6 Å². The minimum Gasteiger partial charge on any atom is -0.497 e. The van der Waals surface area contributed by atoms with Crippen molar-refractivity contribution in [2.75, 3.05) is 25.6 Å². The molecule has 5 heteroatoms. The molecule has 3 N–H and O–H groups in total. The molecule has 0 saturated carbocycles. The van der Waals surface area contributed by atoms with E-state index in [1.807, 2.05) is 24.3 Å². The van der Waals surface area contributed by atoms with Gasteiger partial charge in [0, 0.05) is 11.6 Å². The summed E-state index contributed by atoms with van der Waals surface area (Å²) in [6.45, 7) is -0.296. The number of methoxy groups -OCH3 is 1. The molecule has 0 saturated heterocycles. The van der Waals surface area contributed by atoms with Gasteiger partial charge in [0.05, 0.1) is 26.4 Å². The number of nitrogens with one attached hydrogen (secondary N) is 1. The number of aromatic nitrogens is 1. The minimum atomic E-state index is -0.412. The van der Waals surface area contributed by atoms with Crippen LogP contribution in [0.4, 0.5) is 5.82 Å². The van der Waals surface area contributed by atoms with E-state index in [4.69, 9.17) is 14.9 Å². The Morgan fingerprint density at radius 2 is 2.06 bits per heavy atom. The van der Waals surface area contributed by atoms with Gasteiger partial charge in [-0.2, -0.15) is 0 Å². The van der Waals surface area contributed by atoms with E-state index in [0.717, 1.165) is 16.5 Å². The molecule has 18 heavy (non-hydrogen) atoms. The molecule has 2 aromatic rings. The van der Waals surface area contributed by atoms with Crippen LogP contribution in [0.1, 0.15) is 0 Å². The van der Waals surface area contributed by atoms with Gasteiger partial charge in [0.2, 0.25) is 0 Å². The molecule has 0 amide bonds. The molecule has 0 fully saturated rings. The van der Waals surface area contributed by atoms with Crippen molar-refractivity contribution < 1.29 is 14.9 Å². The van der Waals surface area contributed by atoms with Crippen LogP contribution in [0.3, 0.4) is 0 Å². The van der Waals surface area contributed by atoms with E-state index in [-0.39, 0.29) is 13.2 Å². The summed E-state index contributed by atoms with van der Waals surface area (Å²) in [4.78, 5) is 4.22. The molecule has 5 nitrogen and oxygen atoms in total. The Bertz CT molecular complexity index is 527. The van der Waals surface area contributed by atoms with Crippen molar-refractivity contribution in [1.82, 2.24) is 4.98 Å². The number of ether oxygens (including phenoxy) is 1. The predicted molar refractivity (Wildman–Crippen MR) is 69.9 cm³/mol. The summed E-state index contributed by atoms with van der Waals surface area (Å²) in [5, 5.41) is 23.1. The highest BCUT2D eigenvalue weighted by atomic mass is 16.5. The Labute approximate surface area is 105 Å². The minimum absolute atomic E-state index is 0.148. The normalized spacial score (nSPS) is 10.9. The first-order valence-corrected chi connectivity index (χ1v) is 5.69. The Morgan fingerprint density at radius 3 is 2.72 bits per heavy atom. The number of hydrogen-bond acceptors (Lipinski definition) is 5. The van der Waals surface area contributed by atoms with Crippen molar-refractivity contribution in [2.24, 2.45) is 0 Å².